The number of hydrogen-bond donors (Lipinski definition) is 1. The number of aromatic nitrogens is 2. The Morgan fingerprint density at radius 2 is 1.73 bits per heavy atom. The molecule has 0 atom stereocenters. The van der Waals surface area contributed by atoms with Crippen molar-refractivity contribution in [1.29, 1.82) is 0 Å². The van der Waals surface area contributed by atoms with Gasteiger partial charge in [0.05, 0.1) is 29.5 Å². The minimum atomic E-state index is -0.182. The Balaban J connectivity index is 1.60. The molecule has 1 aromatic heterocycles. The number of carbonyl (C=O) groups is 1. The standard InChI is InChI=1S/C26H25N3O3S/c1-17(2)18-8-10-19(11-9-18)27-24(30)16-33-26-28-23-7-5-4-6-22(23)25(31)29(26)20-12-14-21(32-3)15-13-20/h4-15,17H,16H2,1-3H3,(H,27,30). The van der Waals surface area contributed by atoms with E-state index in [-0.39, 0.29) is 17.2 Å². The topological polar surface area (TPSA) is 73.2 Å². The van der Waals surface area contributed by atoms with E-state index >= 15 is 0 Å². The highest BCUT2D eigenvalue weighted by Crippen LogP contribution is 2.23. The van der Waals surface area contributed by atoms with Gasteiger partial charge in [0.2, 0.25) is 5.91 Å². The Kier molecular flexibility index (Phi) is 6.79. The molecule has 168 valence electrons. The van der Waals surface area contributed by atoms with Crippen LogP contribution in [0.15, 0.2) is 82.7 Å². The summed E-state index contributed by atoms with van der Waals surface area (Å²) in [6, 6.07) is 22.2. The maximum Gasteiger partial charge on any atom is 0.266 e. The molecule has 0 aliphatic rings. The van der Waals surface area contributed by atoms with Crippen LogP contribution >= 0.6 is 11.8 Å². The number of nitrogens with zero attached hydrogens (tertiary/aromatic N) is 2. The number of benzene rings is 3. The summed E-state index contributed by atoms with van der Waals surface area (Å²) in [5.74, 6) is 1.07. The molecule has 6 nitrogen and oxygen atoms in total. The van der Waals surface area contributed by atoms with Crippen molar-refractivity contribution in [1.82, 2.24) is 9.55 Å². The summed E-state index contributed by atoms with van der Waals surface area (Å²) in [4.78, 5) is 30.6. The van der Waals surface area contributed by atoms with Crippen LogP contribution in [0.1, 0.15) is 25.3 Å². The van der Waals surface area contributed by atoms with Crippen molar-refractivity contribution < 1.29 is 9.53 Å². The molecule has 0 radical (unpaired) electrons. The van der Waals surface area contributed by atoms with Gasteiger partial charge in [0, 0.05) is 5.69 Å². The van der Waals surface area contributed by atoms with Crippen molar-refractivity contribution in [2.75, 3.05) is 18.2 Å². The number of carbonyl (C=O) groups excluding carboxylic acids is 1. The van der Waals surface area contributed by atoms with Crippen LogP contribution in [0.25, 0.3) is 16.6 Å². The van der Waals surface area contributed by atoms with Gasteiger partial charge in [0.15, 0.2) is 5.16 Å². The predicted octanol–water partition coefficient (Wildman–Crippen LogP) is 5.25. The second-order valence-corrected chi connectivity index (χ2v) is 8.81. The summed E-state index contributed by atoms with van der Waals surface area (Å²) in [7, 11) is 1.59. The summed E-state index contributed by atoms with van der Waals surface area (Å²) >= 11 is 1.22. The SMILES string of the molecule is COc1ccc(-n2c(SCC(=O)Nc3ccc(C(C)C)cc3)nc3ccccc3c2=O)cc1. The molecule has 1 N–H and O–H groups in total. The monoisotopic (exact) mass is 459 g/mol. The molecule has 0 saturated carbocycles. The predicted molar refractivity (Wildman–Crippen MR) is 134 cm³/mol. The Labute approximate surface area is 196 Å². The Bertz CT molecular complexity index is 1330. The van der Waals surface area contributed by atoms with Crippen molar-refractivity contribution in [3.05, 3.63) is 88.7 Å². The Morgan fingerprint density at radius 1 is 1.03 bits per heavy atom. The van der Waals surface area contributed by atoms with Gasteiger partial charge in [-0.3, -0.25) is 14.2 Å². The van der Waals surface area contributed by atoms with Crippen LogP contribution in [0.2, 0.25) is 0 Å². The van der Waals surface area contributed by atoms with Gasteiger partial charge >= 0.3 is 0 Å². The first-order valence-electron chi connectivity index (χ1n) is 10.6. The zero-order chi connectivity index (χ0) is 23.4. The number of amides is 1. The quantitative estimate of drug-likeness (QED) is 0.302. The summed E-state index contributed by atoms with van der Waals surface area (Å²) in [5, 5.41) is 3.89. The van der Waals surface area contributed by atoms with Crippen LogP contribution in [-0.4, -0.2) is 28.3 Å². The van der Waals surface area contributed by atoms with Crippen LogP contribution in [-0.2, 0) is 4.79 Å². The second kappa shape index (κ2) is 9.92. The van der Waals surface area contributed by atoms with Crippen LogP contribution in [0, 0.1) is 0 Å². The van der Waals surface area contributed by atoms with E-state index in [4.69, 9.17) is 4.74 Å². The largest absolute Gasteiger partial charge is 0.497 e. The van der Waals surface area contributed by atoms with Gasteiger partial charge in [-0.15, -0.1) is 0 Å². The zero-order valence-corrected chi connectivity index (χ0v) is 19.6. The maximum absolute atomic E-state index is 13.3. The van der Waals surface area contributed by atoms with Crippen LogP contribution in [0.3, 0.4) is 0 Å². The van der Waals surface area contributed by atoms with E-state index in [9.17, 15) is 9.59 Å². The maximum atomic E-state index is 13.3. The molecule has 0 aliphatic carbocycles. The summed E-state index contributed by atoms with van der Waals surface area (Å²) in [5.41, 5.74) is 3.03. The fraction of sp³-hybridized carbons (Fsp3) is 0.192. The summed E-state index contributed by atoms with van der Waals surface area (Å²) in [6.45, 7) is 4.26. The fourth-order valence-corrected chi connectivity index (χ4v) is 4.26. The van der Waals surface area contributed by atoms with Crippen LogP contribution < -0.4 is 15.6 Å². The van der Waals surface area contributed by atoms with E-state index in [1.807, 2.05) is 36.4 Å². The molecule has 1 heterocycles. The first-order valence-corrected chi connectivity index (χ1v) is 11.6. The third-order valence-electron chi connectivity index (χ3n) is 5.27. The number of rotatable bonds is 7. The van der Waals surface area contributed by atoms with Gasteiger partial charge in [-0.2, -0.15) is 0 Å². The van der Waals surface area contributed by atoms with E-state index < -0.39 is 0 Å². The van der Waals surface area contributed by atoms with E-state index in [0.29, 0.717) is 33.4 Å². The van der Waals surface area contributed by atoms with Gasteiger partial charge in [0.1, 0.15) is 5.75 Å². The summed E-state index contributed by atoms with van der Waals surface area (Å²) in [6.07, 6.45) is 0. The fourth-order valence-electron chi connectivity index (χ4n) is 3.45. The lowest BCUT2D eigenvalue weighted by molar-refractivity contribution is -0.113. The lowest BCUT2D eigenvalue weighted by Crippen LogP contribution is -2.23. The third-order valence-corrected chi connectivity index (χ3v) is 6.21. The lowest BCUT2D eigenvalue weighted by atomic mass is 10.0. The van der Waals surface area contributed by atoms with Crippen LogP contribution in [0.4, 0.5) is 5.69 Å². The van der Waals surface area contributed by atoms with Gasteiger partial charge in [-0.05, 0) is 60.0 Å². The first kappa shape index (κ1) is 22.6. The summed E-state index contributed by atoms with van der Waals surface area (Å²) < 4.78 is 6.77. The number of methoxy groups -OCH3 is 1. The molecule has 0 aliphatic heterocycles. The van der Waals surface area contributed by atoms with E-state index in [0.717, 1.165) is 5.69 Å². The van der Waals surface area contributed by atoms with Crippen molar-refractivity contribution >= 4 is 34.3 Å². The van der Waals surface area contributed by atoms with E-state index in [1.54, 1.807) is 43.5 Å². The Hall–Kier alpha value is -3.58. The first-order chi connectivity index (χ1) is 16.0. The highest BCUT2D eigenvalue weighted by atomic mass is 32.2. The number of nitrogens with one attached hydrogen (secondary N) is 1. The van der Waals surface area contributed by atoms with Crippen molar-refractivity contribution in [3.63, 3.8) is 0 Å². The number of hydrogen-bond acceptors (Lipinski definition) is 5. The van der Waals surface area contributed by atoms with Crippen molar-refractivity contribution in [3.8, 4) is 11.4 Å². The van der Waals surface area contributed by atoms with E-state index in [2.05, 4.69) is 24.1 Å². The molecule has 3 aromatic carbocycles. The molecule has 0 bridgehead atoms. The minimum absolute atomic E-state index is 0.118. The molecule has 0 unspecified atom stereocenters. The molecule has 7 heteroatoms. The molecular formula is C26H25N3O3S. The lowest BCUT2D eigenvalue weighted by Gasteiger charge is -2.14. The van der Waals surface area contributed by atoms with Gasteiger partial charge in [0.25, 0.3) is 5.56 Å². The molecule has 0 spiro atoms. The number of anilines is 1. The zero-order valence-electron chi connectivity index (χ0n) is 18.7. The second-order valence-electron chi connectivity index (χ2n) is 7.86. The van der Waals surface area contributed by atoms with Crippen LogP contribution in [0.5, 0.6) is 5.75 Å². The molecule has 0 saturated heterocycles. The normalized spacial score (nSPS) is 11.0. The number of ether oxygens (including phenoxy) is 1. The molecule has 4 aromatic rings. The van der Waals surface area contributed by atoms with Gasteiger partial charge < -0.3 is 10.1 Å². The smallest absolute Gasteiger partial charge is 0.266 e. The number of fused-ring (bicyclic) bond motifs is 1. The molecule has 4 rings (SSSR count). The van der Waals surface area contributed by atoms with Gasteiger partial charge in [-0.1, -0.05) is 49.9 Å². The average Bonchev–Trinajstić information content (AvgIpc) is 2.83. The highest BCUT2D eigenvalue weighted by molar-refractivity contribution is 7.99. The van der Waals surface area contributed by atoms with E-state index in [1.165, 1.54) is 21.9 Å². The molecular weight excluding hydrogens is 434 g/mol. The minimum Gasteiger partial charge on any atom is -0.497 e. The van der Waals surface area contributed by atoms with Crippen molar-refractivity contribution in [2.45, 2.75) is 24.9 Å². The Morgan fingerprint density at radius 3 is 2.39 bits per heavy atom. The molecule has 0 fully saturated rings. The molecule has 1 amide bonds. The molecule has 33 heavy (non-hydrogen) atoms. The number of thioether (sulfide) groups is 1. The average molecular weight is 460 g/mol. The third kappa shape index (κ3) is 5.09. The van der Waals surface area contributed by atoms with Crippen molar-refractivity contribution in [2.24, 2.45) is 0 Å². The van der Waals surface area contributed by atoms with Gasteiger partial charge in [-0.25, -0.2) is 4.98 Å². The highest BCUT2D eigenvalue weighted by Gasteiger charge is 2.15. The number of para-hydroxylation sites is 1.